The van der Waals surface area contributed by atoms with Crippen LogP contribution in [0.25, 0.3) is 44.2 Å². The molecule has 6 rings (SSSR count). The summed E-state index contributed by atoms with van der Waals surface area (Å²) in [5.41, 5.74) is 12.1. The third kappa shape index (κ3) is 3.81. The van der Waals surface area contributed by atoms with E-state index in [0.29, 0.717) is 40.9 Å². The number of ether oxygens (including phenoxy) is 1. The minimum atomic E-state index is -0.474. The maximum Gasteiger partial charge on any atom is 0.310 e. The van der Waals surface area contributed by atoms with Gasteiger partial charge in [0.15, 0.2) is 0 Å². The van der Waals surface area contributed by atoms with Crippen LogP contribution in [-0.4, -0.2) is 30.5 Å². The van der Waals surface area contributed by atoms with Crippen LogP contribution in [0.2, 0.25) is 0 Å². The molecule has 3 heterocycles. The van der Waals surface area contributed by atoms with Crippen LogP contribution in [0, 0.1) is 0 Å². The van der Waals surface area contributed by atoms with Gasteiger partial charge in [0.1, 0.15) is 5.69 Å². The van der Waals surface area contributed by atoms with Crippen molar-refractivity contribution in [1.82, 2.24) is 24.5 Å². The second-order valence-corrected chi connectivity index (χ2v) is 8.65. The number of rotatable bonds is 5. The molecule has 3 aromatic carbocycles. The van der Waals surface area contributed by atoms with Gasteiger partial charge in [-0.2, -0.15) is 4.98 Å². The molecule has 0 aliphatic carbocycles. The highest BCUT2D eigenvalue weighted by molar-refractivity contribution is 5.97. The summed E-state index contributed by atoms with van der Waals surface area (Å²) in [5, 5.41) is 0.935. The summed E-state index contributed by atoms with van der Waals surface area (Å²) in [6.45, 7) is 2.42. The fourth-order valence-electron chi connectivity index (χ4n) is 4.55. The quantitative estimate of drug-likeness (QED) is 0.323. The van der Waals surface area contributed by atoms with Gasteiger partial charge in [0, 0.05) is 42.7 Å². The molecule has 9 nitrogen and oxygen atoms in total. The number of nitrogens with zero attached hydrogens (tertiary/aromatic N) is 3. The summed E-state index contributed by atoms with van der Waals surface area (Å²) in [5.74, 6) is -0.474. The third-order valence-electron chi connectivity index (χ3n) is 6.14. The minimum absolute atomic E-state index is 0.0946. The monoisotopic (exact) mass is 478 g/mol. The average Bonchev–Trinajstić information content (AvgIpc) is 3.42. The van der Waals surface area contributed by atoms with Gasteiger partial charge >= 0.3 is 12.0 Å². The lowest BCUT2D eigenvalue weighted by molar-refractivity contribution is -0.132. The first-order chi connectivity index (χ1) is 17.5. The molecule has 0 amide bonds. The number of H-pyrrole nitrogens is 2. The number of imidazole rings is 1. The van der Waals surface area contributed by atoms with Gasteiger partial charge in [-0.1, -0.05) is 42.5 Å². The van der Waals surface area contributed by atoms with Gasteiger partial charge in [0.2, 0.25) is 0 Å². The Kier molecular flexibility index (Phi) is 5.12. The summed E-state index contributed by atoms with van der Waals surface area (Å²) < 4.78 is 7.17. The summed E-state index contributed by atoms with van der Waals surface area (Å²) in [6, 6.07) is 19.7. The molecule has 36 heavy (non-hydrogen) atoms. The number of benzene rings is 3. The number of carbonyl (C=O) groups is 1. The van der Waals surface area contributed by atoms with E-state index >= 15 is 0 Å². The first-order valence-corrected chi connectivity index (χ1v) is 11.5. The van der Waals surface area contributed by atoms with Crippen LogP contribution < -0.4 is 16.0 Å². The lowest BCUT2D eigenvalue weighted by Crippen LogP contribution is -2.11. The highest BCUT2D eigenvalue weighted by atomic mass is 16.5. The van der Waals surface area contributed by atoms with Crippen molar-refractivity contribution in [2.75, 3.05) is 0 Å². The number of carbonyl (C=O) groups excluding carboxylic acids is 1. The molecular formula is C27H22N6O3. The van der Waals surface area contributed by atoms with Crippen molar-refractivity contribution in [2.45, 2.75) is 20.0 Å². The lowest BCUT2D eigenvalue weighted by atomic mass is 10.1. The van der Waals surface area contributed by atoms with E-state index in [2.05, 4.69) is 31.7 Å². The van der Waals surface area contributed by atoms with Crippen molar-refractivity contribution >= 4 is 38.9 Å². The Morgan fingerprint density at radius 3 is 2.53 bits per heavy atom. The van der Waals surface area contributed by atoms with Gasteiger partial charge in [0.05, 0.1) is 22.1 Å². The molecule has 0 saturated carbocycles. The van der Waals surface area contributed by atoms with Crippen molar-refractivity contribution in [3.05, 3.63) is 88.3 Å². The predicted molar refractivity (Wildman–Crippen MR) is 138 cm³/mol. The number of fused-ring (bicyclic) bond motifs is 3. The SMILES string of the molecule is CC(=O)Oc1nc2cc3[nH]c(=O)c(-c4cn(Cc5cccc(CN)c5)c5ccccc45)nc3cc2[nH]1. The molecule has 9 heteroatoms. The van der Waals surface area contributed by atoms with E-state index < -0.39 is 5.97 Å². The largest absolute Gasteiger partial charge is 0.392 e. The fourth-order valence-corrected chi connectivity index (χ4v) is 4.55. The number of aromatic amines is 2. The second kappa shape index (κ2) is 8.47. The van der Waals surface area contributed by atoms with Crippen molar-refractivity contribution in [3.63, 3.8) is 0 Å². The summed E-state index contributed by atoms with van der Waals surface area (Å²) in [4.78, 5) is 39.3. The Morgan fingerprint density at radius 1 is 0.972 bits per heavy atom. The predicted octanol–water partition coefficient (Wildman–Crippen LogP) is 3.85. The molecule has 0 aliphatic rings. The van der Waals surface area contributed by atoms with Crippen LogP contribution in [0.4, 0.5) is 0 Å². The number of esters is 1. The van der Waals surface area contributed by atoms with E-state index in [0.717, 1.165) is 27.6 Å². The maximum absolute atomic E-state index is 13.2. The van der Waals surface area contributed by atoms with Gasteiger partial charge in [-0.3, -0.25) is 9.59 Å². The first-order valence-electron chi connectivity index (χ1n) is 11.5. The molecule has 0 fully saturated rings. The number of nitrogens with one attached hydrogen (secondary N) is 2. The molecule has 6 aromatic rings. The second-order valence-electron chi connectivity index (χ2n) is 8.65. The van der Waals surface area contributed by atoms with Crippen molar-refractivity contribution in [1.29, 1.82) is 0 Å². The van der Waals surface area contributed by atoms with Crippen LogP contribution in [-0.2, 0) is 17.9 Å². The normalized spacial score (nSPS) is 11.5. The Bertz CT molecular complexity index is 1850. The Labute approximate surface area is 204 Å². The molecule has 0 spiro atoms. The van der Waals surface area contributed by atoms with E-state index in [1.807, 2.05) is 42.6 Å². The van der Waals surface area contributed by atoms with E-state index in [9.17, 15) is 9.59 Å². The highest BCUT2D eigenvalue weighted by Crippen LogP contribution is 2.30. The van der Waals surface area contributed by atoms with Crippen molar-refractivity contribution < 1.29 is 9.53 Å². The van der Waals surface area contributed by atoms with Gasteiger partial charge in [-0.25, -0.2) is 4.98 Å². The number of hydrogen-bond acceptors (Lipinski definition) is 6. The molecule has 0 saturated heterocycles. The minimum Gasteiger partial charge on any atom is -0.392 e. The lowest BCUT2D eigenvalue weighted by Gasteiger charge is -2.07. The summed E-state index contributed by atoms with van der Waals surface area (Å²) in [7, 11) is 0. The maximum atomic E-state index is 13.2. The van der Waals surface area contributed by atoms with Gasteiger partial charge < -0.3 is 25.0 Å². The number of hydrogen-bond donors (Lipinski definition) is 3. The number of nitrogens with two attached hydrogens (primary N) is 1. The summed E-state index contributed by atoms with van der Waals surface area (Å²) in [6.07, 6.45) is 1.97. The first kappa shape index (κ1) is 21.8. The van der Waals surface area contributed by atoms with E-state index in [4.69, 9.17) is 15.5 Å². The van der Waals surface area contributed by atoms with Gasteiger partial charge in [0.25, 0.3) is 5.56 Å². The molecule has 3 aromatic heterocycles. The molecule has 0 unspecified atom stereocenters. The van der Waals surface area contributed by atoms with Gasteiger partial charge in [-0.15, -0.1) is 0 Å². The molecule has 0 aliphatic heterocycles. The molecule has 0 bridgehead atoms. The van der Waals surface area contributed by atoms with Gasteiger partial charge in [-0.05, 0) is 29.3 Å². The number of aromatic nitrogens is 5. The number of para-hydroxylation sites is 1. The van der Waals surface area contributed by atoms with E-state index in [1.54, 1.807) is 12.1 Å². The molecule has 178 valence electrons. The zero-order valence-corrected chi connectivity index (χ0v) is 19.4. The van der Waals surface area contributed by atoms with Crippen LogP contribution in [0.15, 0.2) is 71.7 Å². The molecule has 4 N–H and O–H groups in total. The van der Waals surface area contributed by atoms with Crippen molar-refractivity contribution in [3.8, 4) is 17.3 Å². The molecule has 0 atom stereocenters. The van der Waals surface area contributed by atoms with Crippen LogP contribution in [0.3, 0.4) is 0 Å². The standard InChI is InChI=1S/C27H22N6O3/c1-15(34)36-27-31-22-10-20-21(11-23(22)32-27)30-26(35)25(29-20)19-14-33(24-8-3-2-7-18(19)24)13-17-6-4-5-16(9-17)12-28/h2-11,14H,12-13,28H2,1H3,(H,30,35)(H,31,32). The smallest absolute Gasteiger partial charge is 0.310 e. The van der Waals surface area contributed by atoms with E-state index in [1.165, 1.54) is 6.92 Å². The zero-order valence-electron chi connectivity index (χ0n) is 19.4. The Hall–Kier alpha value is -4.76. The van der Waals surface area contributed by atoms with Crippen molar-refractivity contribution in [2.24, 2.45) is 5.73 Å². The summed E-state index contributed by atoms with van der Waals surface area (Å²) >= 11 is 0. The topological polar surface area (TPSA) is 132 Å². The van der Waals surface area contributed by atoms with E-state index in [-0.39, 0.29) is 11.6 Å². The zero-order chi connectivity index (χ0) is 24.8. The average molecular weight is 479 g/mol. The van der Waals surface area contributed by atoms with Crippen LogP contribution >= 0.6 is 0 Å². The molecule has 0 radical (unpaired) electrons. The van der Waals surface area contributed by atoms with Crippen LogP contribution in [0.5, 0.6) is 6.01 Å². The highest BCUT2D eigenvalue weighted by Gasteiger charge is 2.17. The molecular weight excluding hydrogens is 456 g/mol. The Balaban J connectivity index is 1.48. The third-order valence-corrected chi connectivity index (χ3v) is 6.14. The van der Waals surface area contributed by atoms with Crippen LogP contribution in [0.1, 0.15) is 18.1 Å². The fraction of sp³-hybridized carbons (Fsp3) is 0.111. The Morgan fingerprint density at radius 2 is 1.72 bits per heavy atom.